The number of thioether (sulfide) groups is 1. The van der Waals surface area contributed by atoms with Gasteiger partial charge >= 0.3 is 0 Å². The van der Waals surface area contributed by atoms with Crippen molar-refractivity contribution in [2.75, 3.05) is 13.9 Å². The van der Waals surface area contributed by atoms with Crippen molar-refractivity contribution in [3.8, 4) is 17.2 Å². The zero-order valence-electron chi connectivity index (χ0n) is 16.0. The Bertz CT molecular complexity index is 1000. The van der Waals surface area contributed by atoms with E-state index in [1.54, 1.807) is 18.9 Å². The maximum atomic E-state index is 13.0. The highest BCUT2D eigenvalue weighted by Crippen LogP contribution is 2.50. The lowest BCUT2D eigenvalue weighted by atomic mass is 9.95. The Labute approximate surface area is 167 Å². The van der Waals surface area contributed by atoms with Gasteiger partial charge in [0.1, 0.15) is 0 Å². The SMILES string of the molecule is COc1cc(C2SC(C)=Nc3c2c(=O)[nH]n3C2CCCCC2)cc2c1OCO2. The van der Waals surface area contributed by atoms with Crippen LogP contribution in [0.5, 0.6) is 17.2 Å². The molecule has 1 fully saturated rings. The molecule has 1 saturated carbocycles. The highest BCUT2D eigenvalue weighted by atomic mass is 32.2. The molecule has 1 aliphatic carbocycles. The van der Waals surface area contributed by atoms with Gasteiger partial charge in [-0.15, -0.1) is 0 Å². The van der Waals surface area contributed by atoms with Crippen LogP contribution in [0, 0.1) is 0 Å². The summed E-state index contributed by atoms with van der Waals surface area (Å²) in [4.78, 5) is 17.7. The van der Waals surface area contributed by atoms with Crippen molar-refractivity contribution in [3.05, 3.63) is 33.6 Å². The number of ether oxygens (including phenoxy) is 3. The van der Waals surface area contributed by atoms with Crippen LogP contribution in [-0.2, 0) is 0 Å². The number of nitrogens with zero attached hydrogens (tertiary/aromatic N) is 2. The molecule has 0 saturated heterocycles. The summed E-state index contributed by atoms with van der Waals surface area (Å²) >= 11 is 1.59. The van der Waals surface area contributed by atoms with Gasteiger partial charge in [-0.2, -0.15) is 0 Å². The second kappa shape index (κ2) is 6.92. The molecule has 3 heterocycles. The summed E-state index contributed by atoms with van der Waals surface area (Å²) in [5, 5.41) is 3.86. The van der Waals surface area contributed by atoms with Crippen LogP contribution in [0.15, 0.2) is 21.9 Å². The Morgan fingerprint density at radius 1 is 1.25 bits per heavy atom. The Hall–Kier alpha value is -2.35. The lowest BCUT2D eigenvalue weighted by Gasteiger charge is -2.26. The lowest BCUT2D eigenvalue weighted by Crippen LogP contribution is -2.16. The fraction of sp³-hybridized carbons (Fsp3) is 0.500. The van der Waals surface area contributed by atoms with Gasteiger partial charge in [0.05, 0.1) is 29.0 Å². The molecule has 7 nitrogen and oxygen atoms in total. The van der Waals surface area contributed by atoms with Gasteiger partial charge < -0.3 is 14.2 Å². The predicted octanol–water partition coefficient (Wildman–Crippen LogP) is 4.31. The summed E-state index contributed by atoms with van der Waals surface area (Å²) in [6.07, 6.45) is 5.82. The molecule has 0 radical (unpaired) electrons. The maximum Gasteiger partial charge on any atom is 0.271 e. The molecule has 1 N–H and O–H groups in total. The highest BCUT2D eigenvalue weighted by Gasteiger charge is 2.34. The van der Waals surface area contributed by atoms with E-state index in [1.807, 2.05) is 23.7 Å². The Balaban J connectivity index is 1.62. The molecule has 5 rings (SSSR count). The number of rotatable bonds is 3. The van der Waals surface area contributed by atoms with Gasteiger partial charge in [0, 0.05) is 0 Å². The van der Waals surface area contributed by atoms with Crippen LogP contribution in [0.3, 0.4) is 0 Å². The quantitative estimate of drug-likeness (QED) is 0.829. The highest BCUT2D eigenvalue weighted by molar-refractivity contribution is 8.14. The van der Waals surface area contributed by atoms with E-state index in [4.69, 9.17) is 19.2 Å². The minimum Gasteiger partial charge on any atom is -0.493 e. The topological polar surface area (TPSA) is 77.8 Å². The molecule has 2 aromatic rings. The third-order valence-electron chi connectivity index (χ3n) is 5.67. The van der Waals surface area contributed by atoms with Crippen molar-refractivity contribution in [2.45, 2.75) is 50.3 Å². The minimum absolute atomic E-state index is 0.0639. The summed E-state index contributed by atoms with van der Waals surface area (Å²) in [6.45, 7) is 2.17. The van der Waals surface area contributed by atoms with Crippen molar-refractivity contribution in [1.29, 1.82) is 0 Å². The second-order valence-corrected chi connectivity index (χ2v) is 8.72. The molecule has 1 aromatic heterocycles. The number of H-pyrrole nitrogens is 1. The molecule has 1 unspecified atom stereocenters. The third-order valence-corrected chi connectivity index (χ3v) is 6.85. The first-order valence-corrected chi connectivity index (χ1v) is 10.6. The normalized spacial score (nSPS) is 21.4. The number of fused-ring (bicyclic) bond motifs is 2. The van der Waals surface area contributed by atoms with Gasteiger partial charge in [-0.25, -0.2) is 4.99 Å². The van der Waals surface area contributed by atoms with Crippen molar-refractivity contribution in [1.82, 2.24) is 9.78 Å². The first-order chi connectivity index (χ1) is 13.7. The van der Waals surface area contributed by atoms with Crippen LogP contribution in [0.4, 0.5) is 5.82 Å². The second-order valence-electron chi connectivity index (χ2n) is 7.43. The summed E-state index contributed by atoms with van der Waals surface area (Å²) in [7, 11) is 1.61. The molecular weight excluding hydrogens is 378 g/mol. The minimum atomic E-state index is -0.163. The fourth-order valence-corrected chi connectivity index (χ4v) is 5.43. The molecule has 28 heavy (non-hydrogen) atoms. The van der Waals surface area contributed by atoms with Crippen molar-refractivity contribution >= 4 is 22.6 Å². The molecule has 0 amide bonds. The zero-order chi connectivity index (χ0) is 19.3. The number of benzene rings is 1. The number of nitrogens with one attached hydrogen (secondary N) is 1. The van der Waals surface area contributed by atoms with Crippen LogP contribution < -0.4 is 19.8 Å². The number of aromatic amines is 1. The number of hydrogen-bond acceptors (Lipinski definition) is 6. The van der Waals surface area contributed by atoms with E-state index in [0.29, 0.717) is 28.9 Å². The van der Waals surface area contributed by atoms with Crippen molar-refractivity contribution in [2.24, 2.45) is 4.99 Å². The van der Waals surface area contributed by atoms with Gasteiger partial charge in [-0.1, -0.05) is 31.0 Å². The monoisotopic (exact) mass is 401 g/mol. The average molecular weight is 401 g/mol. The molecular formula is C20H23N3O4S. The third kappa shape index (κ3) is 2.82. The molecule has 2 aliphatic heterocycles. The number of aromatic nitrogens is 2. The van der Waals surface area contributed by atoms with E-state index < -0.39 is 0 Å². The van der Waals surface area contributed by atoms with Crippen LogP contribution >= 0.6 is 11.8 Å². The molecule has 148 valence electrons. The molecule has 1 aromatic carbocycles. The Morgan fingerprint density at radius 3 is 2.86 bits per heavy atom. The molecule has 1 atom stereocenters. The average Bonchev–Trinajstić information content (AvgIpc) is 3.32. The summed E-state index contributed by atoms with van der Waals surface area (Å²) in [5.41, 5.74) is 1.60. The summed E-state index contributed by atoms with van der Waals surface area (Å²) in [6, 6.07) is 4.20. The van der Waals surface area contributed by atoms with Gasteiger partial charge in [0.2, 0.25) is 12.5 Å². The number of aliphatic imine (C=N–C) groups is 1. The Kier molecular flexibility index (Phi) is 4.38. The van der Waals surface area contributed by atoms with Gasteiger partial charge in [0.25, 0.3) is 5.56 Å². The standard InChI is InChI=1S/C20H23N3O4S/c1-11-21-19-16(20(24)22-23(19)13-6-4-3-5-7-13)18(28-11)12-8-14(25-2)17-15(9-12)26-10-27-17/h8-9,13,18H,3-7,10H2,1-2H3,(H,22,24). The van der Waals surface area contributed by atoms with E-state index in [1.165, 1.54) is 19.3 Å². The zero-order valence-corrected chi connectivity index (χ0v) is 16.8. The molecule has 8 heteroatoms. The van der Waals surface area contributed by atoms with Crippen LogP contribution in [0.25, 0.3) is 0 Å². The van der Waals surface area contributed by atoms with Crippen molar-refractivity contribution in [3.63, 3.8) is 0 Å². The number of hydrogen-bond donors (Lipinski definition) is 1. The fourth-order valence-electron chi connectivity index (χ4n) is 4.35. The molecule has 3 aliphatic rings. The molecule has 0 bridgehead atoms. The van der Waals surface area contributed by atoms with Gasteiger partial charge in [-0.05, 0) is 37.5 Å². The van der Waals surface area contributed by atoms with Crippen LogP contribution in [0.1, 0.15) is 61.4 Å². The Morgan fingerprint density at radius 2 is 2.07 bits per heavy atom. The summed E-state index contributed by atoms with van der Waals surface area (Å²) < 4.78 is 18.6. The largest absolute Gasteiger partial charge is 0.493 e. The molecule has 0 spiro atoms. The maximum absolute atomic E-state index is 13.0. The van der Waals surface area contributed by atoms with E-state index in [2.05, 4.69) is 5.10 Å². The van der Waals surface area contributed by atoms with Crippen LogP contribution in [0.2, 0.25) is 0 Å². The number of methoxy groups -OCH3 is 1. The van der Waals surface area contributed by atoms with E-state index >= 15 is 0 Å². The smallest absolute Gasteiger partial charge is 0.271 e. The van der Waals surface area contributed by atoms with Gasteiger partial charge in [-0.3, -0.25) is 14.6 Å². The van der Waals surface area contributed by atoms with E-state index in [0.717, 1.165) is 29.3 Å². The van der Waals surface area contributed by atoms with Crippen molar-refractivity contribution < 1.29 is 14.2 Å². The lowest BCUT2D eigenvalue weighted by molar-refractivity contribution is 0.171. The summed E-state index contributed by atoms with van der Waals surface area (Å²) in [5.74, 6) is 2.66. The predicted molar refractivity (Wildman–Crippen MR) is 108 cm³/mol. The van der Waals surface area contributed by atoms with Crippen LogP contribution in [-0.4, -0.2) is 28.7 Å². The van der Waals surface area contributed by atoms with Gasteiger partial charge in [0.15, 0.2) is 17.3 Å². The first-order valence-electron chi connectivity index (χ1n) is 9.69. The van der Waals surface area contributed by atoms with E-state index in [-0.39, 0.29) is 17.6 Å². The van der Waals surface area contributed by atoms with E-state index in [9.17, 15) is 4.79 Å². The first kappa shape index (κ1) is 17.7.